The summed E-state index contributed by atoms with van der Waals surface area (Å²) < 4.78 is 37.3. The molecule has 1 atom stereocenters. The van der Waals surface area contributed by atoms with Gasteiger partial charge in [-0.1, -0.05) is 96.8 Å². The van der Waals surface area contributed by atoms with Crippen molar-refractivity contribution in [2.45, 2.75) is 115 Å². The minimum atomic E-state index is -4.31. The molecular formula is C19H39NaO4S. The normalized spacial score (nSPS) is 12.8. The van der Waals surface area contributed by atoms with E-state index in [0.29, 0.717) is 6.42 Å². The van der Waals surface area contributed by atoms with Crippen LogP contribution in [-0.4, -0.2) is 25.5 Å². The largest absolute Gasteiger partial charge is 1.00 e. The van der Waals surface area contributed by atoms with E-state index in [-0.39, 0.29) is 29.6 Å². The molecular weight excluding hydrogens is 347 g/mol. The third kappa shape index (κ3) is 19.4. The molecule has 0 N–H and O–H groups in total. The molecule has 0 fully saturated rings. The fourth-order valence-corrected chi connectivity index (χ4v) is 3.75. The Balaban J connectivity index is 0. The van der Waals surface area contributed by atoms with Crippen molar-refractivity contribution >= 4 is 10.1 Å². The Bertz CT molecular complexity index is 360. The van der Waals surface area contributed by atoms with Crippen molar-refractivity contribution in [1.29, 1.82) is 0 Å². The zero-order valence-corrected chi connectivity index (χ0v) is 19.7. The molecule has 25 heavy (non-hydrogen) atoms. The summed E-state index contributed by atoms with van der Waals surface area (Å²) >= 11 is 0. The number of ether oxygens (including phenoxy) is 1. The summed E-state index contributed by atoms with van der Waals surface area (Å²) in [5.41, 5.74) is -1.17. The van der Waals surface area contributed by atoms with Crippen LogP contribution in [0.15, 0.2) is 0 Å². The summed E-state index contributed by atoms with van der Waals surface area (Å²) in [6.07, 6.45) is 19.4. The quantitative estimate of drug-likeness (QED) is 0.206. The van der Waals surface area contributed by atoms with Crippen molar-refractivity contribution in [1.82, 2.24) is 0 Å². The average molecular weight is 387 g/mol. The molecule has 0 aromatic carbocycles. The number of unbranched alkanes of at least 4 members (excludes halogenated alkanes) is 14. The van der Waals surface area contributed by atoms with Crippen molar-refractivity contribution in [3.8, 4) is 0 Å². The minimum absolute atomic E-state index is 0. The van der Waals surface area contributed by atoms with E-state index in [2.05, 4.69) is 6.92 Å². The monoisotopic (exact) mass is 386 g/mol. The third-order valence-electron chi connectivity index (χ3n) is 4.63. The topological polar surface area (TPSA) is 66.4 Å². The van der Waals surface area contributed by atoms with Gasteiger partial charge in [0.1, 0.15) is 15.6 Å². The molecule has 0 spiro atoms. The fourth-order valence-electron chi connectivity index (χ4n) is 3.06. The Kier molecular flexibility index (Phi) is 22.0. The second kappa shape index (κ2) is 19.6. The van der Waals surface area contributed by atoms with Gasteiger partial charge in [0.25, 0.3) is 0 Å². The molecule has 0 saturated carbocycles. The summed E-state index contributed by atoms with van der Waals surface area (Å²) in [4.78, 5) is 0. The Morgan fingerprint density at radius 2 is 1.04 bits per heavy atom. The predicted octanol–water partition coefficient (Wildman–Crippen LogP) is 2.77. The van der Waals surface area contributed by atoms with Gasteiger partial charge in [-0.3, -0.25) is 0 Å². The van der Waals surface area contributed by atoms with E-state index >= 15 is 0 Å². The Morgan fingerprint density at radius 1 is 0.720 bits per heavy atom. The maximum atomic E-state index is 10.9. The molecule has 0 rings (SSSR count). The molecule has 0 heterocycles. The van der Waals surface area contributed by atoms with Crippen molar-refractivity contribution in [3.05, 3.63) is 0 Å². The van der Waals surface area contributed by atoms with Gasteiger partial charge in [-0.05, 0) is 12.8 Å². The number of rotatable bonds is 18. The van der Waals surface area contributed by atoms with E-state index in [0.717, 1.165) is 19.3 Å². The first-order chi connectivity index (χ1) is 11.5. The summed E-state index contributed by atoms with van der Waals surface area (Å²) in [6, 6.07) is 0. The Hall–Kier alpha value is 0.870. The van der Waals surface area contributed by atoms with E-state index in [1.54, 1.807) is 0 Å². The molecule has 4 nitrogen and oxygen atoms in total. The van der Waals surface area contributed by atoms with Crippen molar-refractivity contribution in [2.75, 3.05) is 7.11 Å². The molecule has 0 aliphatic carbocycles. The first-order valence-electron chi connectivity index (χ1n) is 10.00. The van der Waals surface area contributed by atoms with Crippen molar-refractivity contribution in [2.24, 2.45) is 0 Å². The van der Waals surface area contributed by atoms with E-state index in [1.165, 1.54) is 84.2 Å². The molecule has 0 amide bonds. The maximum Gasteiger partial charge on any atom is 1.00 e. The van der Waals surface area contributed by atoms with Crippen LogP contribution in [0.3, 0.4) is 0 Å². The fraction of sp³-hybridized carbons (Fsp3) is 1.00. The molecule has 1 unspecified atom stereocenters. The van der Waals surface area contributed by atoms with Gasteiger partial charge in [-0.15, -0.1) is 0 Å². The maximum absolute atomic E-state index is 10.9. The van der Waals surface area contributed by atoms with Gasteiger partial charge >= 0.3 is 29.6 Å². The summed E-state index contributed by atoms with van der Waals surface area (Å²) in [7, 11) is -3.02. The summed E-state index contributed by atoms with van der Waals surface area (Å²) in [5, 5.41) is 0. The van der Waals surface area contributed by atoms with Crippen molar-refractivity contribution in [3.63, 3.8) is 0 Å². The van der Waals surface area contributed by atoms with Crippen LogP contribution in [0.25, 0.3) is 0 Å². The third-order valence-corrected chi connectivity index (χ3v) is 5.70. The number of methoxy groups -OCH3 is 1. The second-order valence-corrected chi connectivity index (χ2v) is 8.41. The molecule has 0 aliphatic heterocycles. The molecule has 0 aromatic rings. The number of hydrogen-bond acceptors (Lipinski definition) is 4. The van der Waals surface area contributed by atoms with Gasteiger partial charge in [0.15, 0.2) is 0 Å². The number of hydrogen-bond donors (Lipinski definition) is 0. The summed E-state index contributed by atoms with van der Waals surface area (Å²) in [5.74, 6) is 0. The van der Waals surface area contributed by atoms with Crippen LogP contribution < -0.4 is 29.6 Å². The van der Waals surface area contributed by atoms with Gasteiger partial charge in [-0.25, -0.2) is 8.42 Å². The van der Waals surface area contributed by atoms with Gasteiger partial charge in [0.05, 0.1) is 0 Å². The SMILES string of the molecule is CCCCCCCCCCCCCCCCCC(OC)S(=O)(=O)[O-].[Na+]. The molecule has 0 aromatic heterocycles. The van der Waals surface area contributed by atoms with E-state index in [9.17, 15) is 13.0 Å². The smallest absolute Gasteiger partial charge is 0.746 e. The molecule has 146 valence electrons. The predicted molar refractivity (Wildman–Crippen MR) is 100 cm³/mol. The van der Waals surface area contributed by atoms with Crippen LogP contribution in [0.4, 0.5) is 0 Å². The van der Waals surface area contributed by atoms with Crippen molar-refractivity contribution < 1.29 is 47.3 Å². The van der Waals surface area contributed by atoms with Crippen LogP contribution in [-0.2, 0) is 14.9 Å². The second-order valence-electron chi connectivity index (χ2n) is 6.90. The van der Waals surface area contributed by atoms with E-state index < -0.39 is 15.6 Å². The van der Waals surface area contributed by atoms with Gasteiger partial charge in [0, 0.05) is 7.11 Å². The van der Waals surface area contributed by atoms with Crippen LogP contribution in [0.5, 0.6) is 0 Å². The Morgan fingerprint density at radius 3 is 1.32 bits per heavy atom. The molecule has 0 radical (unpaired) electrons. The standard InChI is InChI=1S/C19H40O4S.Na/c1-3-4-5-6-7-8-9-10-11-12-13-14-15-16-17-18-19(23-2)24(20,21)22;/h19H,3-18H2,1-2H3,(H,20,21,22);/q;+1/p-1. The van der Waals surface area contributed by atoms with Gasteiger partial charge in [-0.2, -0.15) is 0 Å². The molecule has 6 heteroatoms. The van der Waals surface area contributed by atoms with E-state index in [4.69, 9.17) is 4.74 Å². The molecule has 0 saturated heterocycles. The first-order valence-corrected chi connectivity index (χ1v) is 11.5. The molecule has 0 bridgehead atoms. The van der Waals surface area contributed by atoms with Crippen LogP contribution in [0.2, 0.25) is 0 Å². The minimum Gasteiger partial charge on any atom is -0.746 e. The zero-order valence-electron chi connectivity index (χ0n) is 16.9. The molecule has 0 aliphatic rings. The Labute approximate surface area is 178 Å². The zero-order chi connectivity index (χ0) is 18.1. The van der Waals surface area contributed by atoms with Crippen LogP contribution >= 0.6 is 0 Å². The van der Waals surface area contributed by atoms with Crippen LogP contribution in [0.1, 0.15) is 110 Å². The van der Waals surface area contributed by atoms with Gasteiger partial charge in [0.2, 0.25) is 0 Å². The summed E-state index contributed by atoms with van der Waals surface area (Å²) in [6.45, 7) is 2.26. The van der Waals surface area contributed by atoms with Crippen LogP contribution in [0, 0.1) is 0 Å². The average Bonchev–Trinajstić information content (AvgIpc) is 2.53. The first kappa shape index (κ1) is 28.1. The van der Waals surface area contributed by atoms with Gasteiger partial charge < -0.3 is 9.29 Å². The van der Waals surface area contributed by atoms with E-state index in [1.807, 2.05) is 0 Å².